The summed E-state index contributed by atoms with van der Waals surface area (Å²) in [6.07, 6.45) is -6.05. The van der Waals surface area contributed by atoms with E-state index in [0.717, 1.165) is 11.0 Å². The molecule has 12 heteroatoms. The number of hydrogen-bond donors (Lipinski definition) is 1. The van der Waals surface area contributed by atoms with Crippen LogP contribution < -0.4 is 4.90 Å². The summed E-state index contributed by atoms with van der Waals surface area (Å²) in [6, 6.07) is 7.27. The number of anilines is 1. The van der Waals surface area contributed by atoms with E-state index in [2.05, 4.69) is 20.4 Å². The highest BCUT2D eigenvalue weighted by atomic mass is 19.3. The molecule has 0 spiro atoms. The third kappa shape index (κ3) is 4.06. The van der Waals surface area contributed by atoms with Crippen molar-refractivity contribution in [3.05, 3.63) is 42.3 Å². The number of aryl methyl sites for hydroxylation is 1. The van der Waals surface area contributed by atoms with E-state index in [1.54, 1.807) is 12.1 Å². The molecule has 0 aliphatic carbocycles. The van der Waals surface area contributed by atoms with Gasteiger partial charge in [0.15, 0.2) is 12.2 Å². The summed E-state index contributed by atoms with van der Waals surface area (Å²) in [6.45, 7) is 2.12. The zero-order valence-corrected chi connectivity index (χ0v) is 16.2. The summed E-state index contributed by atoms with van der Waals surface area (Å²) in [7, 11) is 0. The predicted molar refractivity (Wildman–Crippen MR) is 102 cm³/mol. The van der Waals surface area contributed by atoms with Crippen LogP contribution >= 0.6 is 0 Å². The molecule has 1 unspecified atom stereocenters. The van der Waals surface area contributed by atoms with Gasteiger partial charge in [0.2, 0.25) is 5.82 Å². The largest absolute Gasteiger partial charge is 0.441 e. The molecule has 0 saturated carbocycles. The second-order valence-electron chi connectivity index (χ2n) is 6.76. The van der Waals surface area contributed by atoms with Crippen molar-refractivity contribution in [2.45, 2.75) is 32.1 Å². The smallest absolute Gasteiger partial charge is 0.414 e. The van der Waals surface area contributed by atoms with Crippen LogP contribution in [0.4, 0.5) is 23.7 Å². The van der Waals surface area contributed by atoms with Crippen LogP contribution in [0.15, 0.2) is 36.5 Å². The molecular weight excluding hydrogens is 417 g/mol. The normalized spacial score (nSPS) is 17.3. The molecule has 1 aromatic carbocycles. The highest BCUT2D eigenvalue weighted by molar-refractivity contribution is 5.90. The lowest BCUT2D eigenvalue weighted by atomic mass is 10.1. The molecule has 3 heterocycles. The maximum Gasteiger partial charge on any atom is 0.414 e. The summed E-state index contributed by atoms with van der Waals surface area (Å²) in [5.74, 6) is -0.301. The molecule has 1 amide bonds. The highest BCUT2D eigenvalue weighted by Gasteiger charge is 2.40. The molecule has 3 aromatic rings. The Balaban J connectivity index is 1.53. The second-order valence-corrected chi connectivity index (χ2v) is 6.76. The van der Waals surface area contributed by atoms with Crippen molar-refractivity contribution in [3.63, 3.8) is 0 Å². The van der Waals surface area contributed by atoms with Gasteiger partial charge in [0.25, 0.3) is 6.43 Å². The van der Waals surface area contributed by atoms with E-state index in [9.17, 15) is 23.1 Å². The second kappa shape index (κ2) is 8.30. The molecule has 1 fully saturated rings. The Morgan fingerprint density at radius 1 is 1.29 bits per heavy atom. The number of carbonyl (C=O) groups excluding carboxylic acids is 1. The molecule has 9 nitrogen and oxygen atoms in total. The minimum Gasteiger partial charge on any atom is -0.441 e. The van der Waals surface area contributed by atoms with Crippen molar-refractivity contribution < 1.29 is 27.8 Å². The Kier molecular flexibility index (Phi) is 5.55. The van der Waals surface area contributed by atoms with Crippen LogP contribution in [0, 0.1) is 5.82 Å². The molecule has 31 heavy (non-hydrogen) atoms. The maximum absolute atomic E-state index is 14.8. The van der Waals surface area contributed by atoms with E-state index in [1.165, 1.54) is 23.1 Å². The molecule has 0 radical (unpaired) electrons. The number of aliphatic hydroxyl groups excluding tert-OH is 1. The number of alkyl halides is 2. The lowest BCUT2D eigenvalue weighted by Crippen LogP contribution is -2.36. The average molecular weight is 434 g/mol. The van der Waals surface area contributed by atoms with Gasteiger partial charge in [-0.2, -0.15) is 4.80 Å². The number of carbonyl (C=O) groups is 1. The SMILES string of the molecule is CCn1nnc(-c2ccc(-c3ccc(N4C[C@H](C(O)C(F)F)OC4=O)cc3F)cn2)n1. The van der Waals surface area contributed by atoms with Crippen molar-refractivity contribution >= 4 is 11.8 Å². The van der Waals surface area contributed by atoms with E-state index in [4.69, 9.17) is 4.74 Å². The van der Waals surface area contributed by atoms with Gasteiger partial charge in [-0.05, 0) is 36.4 Å². The summed E-state index contributed by atoms with van der Waals surface area (Å²) in [4.78, 5) is 18.6. The zero-order chi connectivity index (χ0) is 22.1. The number of tetrazole rings is 1. The van der Waals surface area contributed by atoms with Gasteiger partial charge in [0.1, 0.15) is 11.5 Å². The van der Waals surface area contributed by atoms with Crippen molar-refractivity contribution in [2.24, 2.45) is 0 Å². The van der Waals surface area contributed by atoms with Gasteiger partial charge in [0, 0.05) is 17.3 Å². The first kappa shape index (κ1) is 20.7. The van der Waals surface area contributed by atoms with Crippen molar-refractivity contribution in [2.75, 3.05) is 11.4 Å². The quantitative estimate of drug-likeness (QED) is 0.635. The Labute approximate surface area is 174 Å². The highest BCUT2D eigenvalue weighted by Crippen LogP contribution is 2.30. The average Bonchev–Trinajstić information content (AvgIpc) is 3.40. The first-order chi connectivity index (χ1) is 14.9. The van der Waals surface area contributed by atoms with Crippen LogP contribution in [-0.2, 0) is 11.3 Å². The van der Waals surface area contributed by atoms with Crippen LogP contribution in [0.25, 0.3) is 22.6 Å². The number of nitrogens with zero attached hydrogens (tertiary/aromatic N) is 6. The summed E-state index contributed by atoms with van der Waals surface area (Å²) in [5.41, 5.74) is 1.31. The van der Waals surface area contributed by atoms with Gasteiger partial charge in [0.05, 0.1) is 18.8 Å². The molecule has 2 aromatic heterocycles. The predicted octanol–water partition coefficient (Wildman–Crippen LogP) is 2.51. The molecule has 0 bridgehead atoms. The van der Waals surface area contributed by atoms with Gasteiger partial charge in [-0.3, -0.25) is 9.88 Å². The Morgan fingerprint density at radius 2 is 2.10 bits per heavy atom. The lowest BCUT2D eigenvalue weighted by molar-refractivity contribution is -0.0641. The minimum absolute atomic E-state index is 0.125. The monoisotopic (exact) mass is 434 g/mol. The lowest BCUT2D eigenvalue weighted by Gasteiger charge is -2.16. The number of ether oxygens (including phenoxy) is 1. The number of cyclic esters (lactones) is 1. The van der Waals surface area contributed by atoms with Crippen molar-refractivity contribution in [1.29, 1.82) is 0 Å². The Hall–Kier alpha value is -3.54. The first-order valence-electron chi connectivity index (χ1n) is 9.36. The molecule has 4 rings (SSSR count). The summed E-state index contributed by atoms with van der Waals surface area (Å²) >= 11 is 0. The number of halogens is 3. The van der Waals surface area contributed by atoms with E-state index < -0.39 is 30.5 Å². The topological polar surface area (TPSA) is 106 Å². The van der Waals surface area contributed by atoms with E-state index in [1.807, 2.05) is 6.92 Å². The molecule has 162 valence electrons. The Bertz CT molecular complexity index is 1090. The summed E-state index contributed by atoms with van der Waals surface area (Å²) in [5, 5.41) is 21.3. The number of benzene rings is 1. The number of rotatable bonds is 6. The number of amides is 1. The number of pyridine rings is 1. The van der Waals surface area contributed by atoms with Crippen LogP contribution in [0.3, 0.4) is 0 Å². The summed E-state index contributed by atoms with van der Waals surface area (Å²) < 4.78 is 44.9. The number of hydrogen-bond acceptors (Lipinski definition) is 7. The van der Waals surface area contributed by atoms with Crippen molar-refractivity contribution in [3.8, 4) is 22.6 Å². The van der Waals surface area contributed by atoms with Crippen LogP contribution in [0.1, 0.15) is 6.92 Å². The van der Waals surface area contributed by atoms with E-state index in [0.29, 0.717) is 23.6 Å². The van der Waals surface area contributed by atoms with E-state index in [-0.39, 0.29) is 17.8 Å². The number of aromatic nitrogens is 5. The van der Waals surface area contributed by atoms with Gasteiger partial charge in [-0.25, -0.2) is 18.0 Å². The van der Waals surface area contributed by atoms with Crippen LogP contribution in [0.5, 0.6) is 0 Å². The van der Waals surface area contributed by atoms with Crippen LogP contribution in [-0.4, -0.2) is 61.6 Å². The fourth-order valence-corrected chi connectivity index (χ4v) is 3.11. The zero-order valence-electron chi connectivity index (χ0n) is 16.2. The Morgan fingerprint density at radius 3 is 2.71 bits per heavy atom. The fourth-order valence-electron chi connectivity index (χ4n) is 3.11. The van der Waals surface area contributed by atoms with Gasteiger partial charge in [-0.1, -0.05) is 6.07 Å². The molecule has 1 aliphatic rings. The molecule has 1 N–H and O–H groups in total. The van der Waals surface area contributed by atoms with Gasteiger partial charge >= 0.3 is 6.09 Å². The van der Waals surface area contributed by atoms with Crippen LogP contribution in [0.2, 0.25) is 0 Å². The number of aliphatic hydroxyl groups is 1. The fraction of sp³-hybridized carbons (Fsp3) is 0.316. The van der Waals surface area contributed by atoms with Gasteiger partial charge < -0.3 is 9.84 Å². The van der Waals surface area contributed by atoms with E-state index >= 15 is 0 Å². The standard InChI is InChI=1S/C19H17F3N6O3/c1-2-28-25-18(24-26-28)14-6-3-10(8-23-14)12-5-4-11(7-13(12)20)27-9-15(31-19(27)30)16(29)17(21)22/h3-8,15-17,29H,2,9H2,1H3/t15-,16?/m1/s1. The molecular formula is C19H17F3N6O3. The molecule has 1 aliphatic heterocycles. The first-order valence-corrected chi connectivity index (χ1v) is 9.36. The third-order valence-electron chi connectivity index (χ3n) is 4.78. The molecule has 1 saturated heterocycles. The molecule has 2 atom stereocenters. The van der Waals surface area contributed by atoms with Gasteiger partial charge in [-0.15, -0.1) is 10.2 Å². The van der Waals surface area contributed by atoms with Crippen molar-refractivity contribution in [1.82, 2.24) is 25.2 Å². The third-order valence-corrected chi connectivity index (χ3v) is 4.78. The minimum atomic E-state index is -3.06. The maximum atomic E-state index is 14.8.